The number of nitrogens with zero attached hydrogens (tertiary/aromatic N) is 4. The lowest BCUT2D eigenvalue weighted by Crippen LogP contribution is -2.25. The van der Waals surface area contributed by atoms with Crippen molar-refractivity contribution in [2.45, 2.75) is 37.4 Å². The van der Waals surface area contributed by atoms with Gasteiger partial charge >= 0.3 is 0 Å². The SMILES string of the molecule is Cn1c(CNC(=O)c2ccccc2F)nnc1SCC(=O)Nc1sc2c(c1C#N)CCCC2. The number of anilines is 1. The van der Waals surface area contributed by atoms with Gasteiger partial charge in [-0.15, -0.1) is 21.5 Å². The molecule has 2 amide bonds. The lowest BCUT2D eigenvalue weighted by Gasteiger charge is -2.09. The first-order valence-electron chi connectivity index (χ1n) is 10.4. The number of thioether (sulfide) groups is 1. The monoisotopic (exact) mass is 484 g/mol. The summed E-state index contributed by atoms with van der Waals surface area (Å²) >= 11 is 2.69. The number of aromatic nitrogens is 3. The van der Waals surface area contributed by atoms with E-state index in [0.717, 1.165) is 31.2 Å². The molecule has 170 valence electrons. The van der Waals surface area contributed by atoms with Crippen LogP contribution in [0.5, 0.6) is 0 Å². The summed E-state index contributed by atoms with van der Waals surface area (Å²) < 4.78 is 15.4. The van der Waals surface area contributed by atoms with Gasteiger partial charge in [0.1, 0.15) is 16.9 Å². The van der Waals surface area contributed by atoms with Crippen LogP contribution in [0.15, 0.2) is 29.4 Å². The van der Waals surface area contributed by atoms with E-state index in [1.165, 1.54) is 46.2 Å². The van der Waals surface area contributed by atoms with Gasteiger partial charge in [-0.25, -0.2) is 4.39 Å². The molecule has 0 saturated carbocycles. The first-order valence-corrected chi connectivity index (χ1v) is 12.2. The normalized spacial score (nSPS) is 12.6. The molecule has 2 heterocycles. The molecular formula is C22H21FN6O2S2. The number of nitriles is 1. The number of carbonyl (C=O) groups is 2. The number of nitrogens with one attached hydrogen (secondary N) is 2. The van der Waals surface area contributed by atoms with Crippen molar-refractivity contribution >= 4 is 39.9 Å². The molecule has 1 aliphatic carbocycles. The van der Waals surface area contributed by atoms with Gasteiger partial charge in [0.25, 0.3) is 5.91 Å². The average Bonchev–Trinajstić information content (AvgIpc) is 3.35. The second-order valence-corrected chi connectivity index (χ2v) is 9.53. The van der Waals surface area contributed by atoms with Crippen LogP contribution in [0.3, 0.4) is 0 Å². The number of carbonyl (C=O) groups excluding carboxylic acids is 2. The summed E-state index contributed by atoms with van der Waals surface area (Å²) in [6, 6.07) is 7.97. The summed E-state index contributed by atoms with van der Waals surface area (Å²) in [5.41, 5.74) is 1.62. The Morgan fingerprint density at radius 2 is 2.06 bits per heavy atom. The van der Waals surface area contributed by atoms with E-state index in [-0.39, 0.29) is 23.8 Å². The Kier molecular flexibility index (Phi) is 7.05. The van der Waals surface area contributed by atoms with Gasteiger partial charge in [0.15, 0.2) is 11.0 Å². The van der Waals surface area contributed by atoms with Gasteiger partial charge in [-0.1, -0.05) is 23.9 Å². The third-order valence-electron chi connectivity index (χ3n) is 5.32. The quantitative estimate of drug-likeness (QED) is 0.497. The van der Waals surface area contributed by atoms with E-state index in [9.17, 15) is 19.2 Å². The summed E-state index contributed by atoms with van der Waals surface area (Å²) in [6.07, 6.45) is 4.01. The van der Waals surface area contributed by atoms with Crippen LogP contribution in [-0.4, -0.2) is 32.3 Å². The molecule has 2 N–H and O–H groups in total. The molecule has 0 spiro atoms. The summed E-state index contributed by atoms with van der Waals surface area (Å²) in [4.78, 5) is 25.9. The first-order chi connectivity index (χ1) is 16.0. The Morgan fingerprint density at radius 3 is 2.85 bits per heavy atom. The standard InChI is InChI=1S/C22H21FN6O2S2/c1-29-18(11-25-20(31)14-7-2-4-8-16(14)23)27-28-22(29)32-12-19(30)26-21-15(10-24)13-6-3-5-9-17(13)33-21/h2,4,7-8H,3,5-6,9,11-12H2,1H3,(H,25,31)(H,26,30). The molecule has 8 nitrogen and oxygen atoms in total. The van der Waals surface area contributed by atoms with E-state index in [1.54, 1.807) is 17.7 Å². The average molecular weight is 485 g/mol. The first kappa shape index (κ1) is 22.9. The van der Waals surface area contributed by atoms with Crippen LogP contribution < -0.4 is 10.6 Å². The number of fused-ring (bicyclic) bond motifs is 1. The number of amides is 2. The Hall–Kier alpha value is -3.23. The highest BCUT2D eigenvalue weighted by atomic mass is 32.2. The Balaban J connectivity index is 1.33. The number of aryl methyl sites for hydroxylation is 1. The number of benzene rings is 1. The Morgan fingerprint density at radius 1 is 1.27 bits per heavy atom. The van der Waals surface area contributed by atoms with E-state index in [1.807, 2.05) is 0 Å². The predicted molar refractivity (Wildman–Crippen MR) is 124 cm³/mol. The maximum Gasteiger partial charge on any atom is 0.254 e. The molecule has 0 unspecified atom stereocenters. The fourth-order valence-electron chi connectivity index (χ4n) is 3.59. The van der Waals surface area contributed by atoms with Crippen molar-refractivity contribution in [3.63, 3.8) is 0 Å². The van der Waals surface area contributed by atoms with Crippen LogP contribution in [0.25, 0.3) is 0 Å². The fraction of sp³-hybridized carbons (Fsp3) is 0.318. The van der Waals surface area contributed by atoms with Crippen molar-refractivity contribution in [3.8, 4) is 6.07 Å². The third-order valence-corrected chi connectivity index (χ3v) is 7.55. The number of thiophene rings is 1. The summed E-state index contributed by atoms with van der Waals surface area (Å²) in [5.74, 6) is -0.799. The van der Waals surface area contributed by atoms with Gasteiger partial charge in [0.2, 0.25) is 5.91 Å². The molecule has 0 aliphatic heterocycles. The molecule has 0 bridgehead atoms. The van der Waals surface area contributed by atoms with E-state index in [2.05, 4.69) is 26.9 Å². The molecule has 3 aromatic rings. The molecule has 0 fully saturated rings. The third kappa shape index (κ3) is 5.07. The molecule has 33 heavy (non-hydrogen) atoms. The number of hydrogen-bond donors (Lipinski definition) is 2. The highest BCUT2D eigenvalue weighted by molar-refractivity contribution is 7.99. The smallest absolute Gasteiger partial charge is 0.254 e. The summed E-state index contributed by atoms with van der Waals surface area (Å²) in [7, 11) is 1.73. The maximum atomic E-state index is 13.7. The molecule has 11 heteroatoms. The van der Waals surface area contributed by atoms with Crippen LogP contribution in [0, 0.1) is 17.1 Å². The molecular weight excluding hydrogens is 463 g/mol. The van der Waals surface area contributed by atoms with E-state index < -0.39 is 11.7 Å². The lowest BCUT2D eigenvalue weighted by atomic mass is 9.96. The second kappa shape index (κ2) is 10.1. The van der Waals surface area contributed by atoms with Crippen molar-refractivity contribution < 1.29 is 14.0 Å². The number of hydrogen-bond acceptors (Lipinski definition) is 7. The number of rotatable bonds is 7. The van der Waals surface area contributed by atoms with Gasteiger partial charge in [0.05, 0.1) is 23.4 Å². The molecule has 1 aliphatic rings. The van der Waals surface area contributed by atoms with Crippen LogP contribution in [-0.2, 0) is 31.2 Å². The van der Waals surface area contributed by atoms with Gasteiger partial charge in [-0.3, -0.25) is 9.59 Å². The minimum atomic E-state index is -0.596. The topological polar surface area (TPSA) is 113 Å². The molecule has 2 aromatic heterocycles. The highest BCUT2D eigenvalue weighted by Crippen LogP contribution is 2.37. The highest BCUT2D eigenvalue weighted by Gasteiger charge is 2.22. The Labute approximate surface area is 198 Å². The van der Waals surface area contributed by atoms with Crippen molar-refractivity contribution in [1.82, 2.24) is 20.1 Å². The second-order valence-electron chi connectivity index (χ2n) is 7.48. The maximum absolute atomic E-state index is 13.7. The minimum Gasteiger partial charge on any atom is -0.345 e. The predicted octanol–water partition coefficient (Wildman–Crippen LogP) is 3.43. The zero-order valence-electron chi connectivity index (χ0n) is 17.9. The number of halogens is 1. The molecule has 0 saturated heterocycles. The van der Waals surface area contributed by atoms with Crippen LogP contribution in [0.4, 0.5) is 9.39 Å². The Bertz CT molecular complexity index is 1250. The molecule has 0 radical (unpaired) electrons. The zero-order valence-corrected chi connectivity index (χ0v) is 19.5. The largest absolute Gasteiger partial charge is 0.345 e. The minimum absolute atomic E-state index is 0.0436. The molecule has 1 aromatic carbocycles. The molecule has 4 rings (SSSR count). The van der Waals surface area contributed by atoms with Crippen molar-refractivity contribution in [2.24, 2.45) is 7.05 Å². The van der Waals surface area contributed by atoms with Crippen LogP contribution in [0.1, 0.15) is 45.0 Å². The molecule has 0 atom stereocenters. The fourth-order valence-corrected chi connectivity index (χ4v) is 5.58. The summed E-state index contributed by atoms with van der Waals surface area (Å²) in [5, 5.41) is 24.3. The van der Waals surface area contributed by atoms with Crippen LogP contribution in [0.2, 0.25) is 0 Å². The van der Waals surface area contributed by atoms with E-state index in [4.69, 9.17) is 0 Å². The van der Waals surface area contributed by atoms with Crippen molar-refractivity contribution in [3.05, 3.63) is 57.5 Å². The lowest BCUT2D eigenvalue weighted by molar-refractivity contribution is -0.113. The zero-order chi connectivity index (χ0) is 23.4. The van der Waals surface area contributed by atoms with Gasteiger partial charge < -0.3 is 15.2 Å². The van der Waals surface area contributed by atoms with E-state index >= 15 is 0 Å². The van der Waals surface area contributed by atoms with Crippen molar-refractivity contribution in [1.29, 1.82) is 5.26 Å². The van der Waals surface area contributed by atoms with Crippen LogP contribution >= 0.6 is 23.1 Å². The van der Waals surface area contributed by atoms with Gasteiger partial charge in [0, 0.05) is 11.9 Å². The summed E-state index contributed by atoms with van der Waals surface area (Å²) in [6.45, 7) is 0.0652. The van der Waals surface area contributed by atoms with Gasteiger partial charge in [-0.05, 0) is 43.4 Å². The van der Waals surface area contributed by atoms with Gasteiger partial charge in [-0.2, -0.15) is 5.26 Å². The van der Waals surface area contributed by atoms with Crippen molar-refractivity contribution in [2.75, 3.05) is 11.1 Å². The van der Waals surface area contributed by atoms with E-state index in [0.29, 0.717) is 21.5 Å².